The van der Waals surface area contributed by atoms with Crippen LogP contribution < -0.4 is 0 Å². The zero-order valence-electron chi connectivity index (χ0n) is 20.7. The smallest absolute Gasteiger partial charge is 0.311 e. The second-order valence-electron chi connectivity index (χ2n) is 8.96. The summed E-state index contributed by atoms with van der Waals surface area (Å²) in [6.45, 7) is 6.91. The number of hydrogen-bond donors (Lipinski definition) is 1. The molecule has 192 valence electrons. The number of esters is 2. The van der Waals surface area contributed by atoms with E-state index in [1.54, 1.807) is 39.8 Å². The van der Waals surface area contributed by atoms with Crippen LogP contribution in [-0.2, 0) is 30.3 Å². The number of benzene rings is 1. The van der Waals surface area contributed by atoms with Crippen LogP contribution in [0.4, 0.5) is 5.69 Å². The van der Waals surface area contributed by atoms with Crippen molar-refractivity contribution in [1.82, 2.24) is 10.1 Å². The Kier molecular flexibility index (Phi) is 10.5. The van der Waals surface area contributed by atoms with Gasteiger partial charge in [-0.3, -0.25) is 24.5 Å². The zero-order valence-corrected chi connectivity index (χ0v) is 20.7. The van der Waals surface area contributed by atoms with Crippen molar-refractivity contribution in [1.29, 1.82) is 0 Å². The van der Waals surface area contributed by atoms with E-state index in [9.17, 15) is 24.5 Å². The van der Waals surface area contributed by atoms with Crippen LogP contribution in [0.25, 0.3) is 11.4 Å². The van der Waals surface area contributed by atoms with E-state index in [2.05, 4.69) is 14.9 Å². The number of carbonyl (C=O) groups is 3. The first-order valence-electron chi connectivity index (χ1n) is 10.7. The van der Waals surface area contributed by atoms with Crippen LogP contribution in [0.15, 0.2) is 28.8 Å². The maximum Gasteiger partial charge on any atom is 0.311 e. The highest BCUT2D eigenvalue weighted by Crippen LogP contribution is 2.26. The molecule has 0 saturated carbocycles. The zero-order chi connectivity index (χ0) is 26.8. The molecule has 0 radical (unpaired) electrons. The van der Waals surface area contributed by atoms with Gasteiger partial charge in [0.25, 0.3) is 5.69 Å². The normalized spacial score (nSPS) is 11.1. The first-order valence-corrected chi connectivity index (χ1v) is 10.7. The summed E-state index contributed by atoms with van der Waals surface area (Å²) in [4.78, 5) is 47.3. The number of nitrogens with zero attached hydrogens (tertiary/aromatic N) is 3. The fourth-order valence-electron chi connectivity index (χ4n) is 2.80. The third kappa shape index (κ3) is 9.14. The molecule has 1 aromatic heterocycles. The maximum absolute atomic E-state index is 11.6. The number of ether oxygens (including phenoxy) is 2. The molecule has 1 aromatic carbocycles. The number of aromatic nitrogens is 2. The molecule has 0 bridgehead atoms. The molecule has 12 heteroatoms. The van der Waals surface area contributed by atoms with Crippen molar-refractivity contribution in [2.24, 2.45) is 10.8 Å². The third-order valence-corrected chi connectivity index (χ3v) is 5.21. The number of carboxylic acid groups (broad SMARTS) is 1. The summed E-state index contributed by atoms with van der Waals surface area (Å²) in [6, 6.07) is 5.88. The van der Waals surface area contributed by atoms with Crippen LogP contribution in [-0.4, -0.2) is 52.3 Å². The van der Waals surface area contributed by atoms with Crippen LogP contribution in [0.1, 0.15) is 52.8 Å². The first-order chi connectivity index (χ1) is 16.2. The summed E-state index contributed by atoms with van der Waals surface area (Å²) in [5.41, 5.74) is -0.723. The molecule has 0 amide bonds. The predicted octanol–water partition coefficient (Wildman–Crippen LogP) is 3.83. The summed E-state index contributed by atoms with van der Waals surface area (Å²) < 4.78 is 14.4. The molecule has 2 rings (SSSR count). The maximum atomic E-state index is 11.6. The second-order valence-corrected chi connectivity index (χ2v) is 8.96. The number of nitro groups is 1. The van der Waals surface area contributed by atoms with Crippen LogP contribution in [0.5, 0.6) is 0 Å². The van der Waals surface area contributed by atoms with Gasteiger partial charge in [-0.25, -0.2) is 0 Å². The van der Waals surface area contributed by atoms with Gasteiger partial charge in [0.05, 0.1) is 30.0 Å². The molecular formula is C23H31N3O9. The van der Waals surface area contributed by atoms with Crippen molar-refractivity contribution < 1.29 is 38.4 Å². The lowest BCUT2D eigenvalue weighted by molar-refractivity contribution is -0.384. The van der Waals surface area contributed by atoms with Gasteiger partial charge >= 0.3 is 17.9 Å². The molecule has 0 aliphatic heterocycles. The Morgan fingerprint density at radius 3 is 1.97 bits per heavy atom. The molecule has 0 unspecified atom stereocenters. The molecule has 1 N–H and O–H groups in total. The summed E-state index contributed by atoms with van der Waals surface area (Å²) in [5.74, 6) is -0.815. The van der Waals surface area contributed by atoms with E-state index in [4.69, 9.17) is 14.4 Å². The number of methoxy groups -OCH3 is 2. The van der Waals surface area contributed by atoms with Gasteiger partial charge in [0.15, 0.2) is 0 Å². The number of nitro benzene ring substituents is 1. The van der Waals surface area contributed by atoms with E-state index in [1.165, 1.54) is 26.4 Å². The molecule has 0 saturated heterocycles. The highest BCUT2D eigenvalue weighted by Gasteiger charge is 2.30. The van der Waals surface area contributed by atoms with Gasteiger partial charge in [0.2, 0.25) is 11.7 Å². The number of aryl methyl sites for hydroxylation is 1. The highest BCUT2D eigenvalue weighted by atomic mass is 16.6. The number of hydrogen-bond acceptors (Lipinski definition) is 10. The van der Waals surface area contributed by atoms with Crippen molar-refractivity contribution >= 4 is 23.6 Å². The van der Waals surface area contributed by atoms with Crippen LogP contribution >= 0.6 is 0 Å². The molecule has 1 heterocycles. The molecule has 0 atom stereocenters. The Bertz CT molecular complexity index is 1030. The molecular weight excluding hydrogens is 462 g/mol. The fraction of sp³-hybridized carbons (Fsp3) is 0.522. The van der Waals surface area contributed by atoms with Crippen molar-refractivity contribution in [3.63, 3.8) is 0 Å². The van der Waals surface area contributed by atoms with Crippen LogP contribution in [0.3, 0.4) is 0 Å². The Balaban J connectivity index is 0.000000434. The number of carboxylic acids is 1. The van der Waals surface area contributed by atoms with E-state index in [-0.39, 0.29) is 24.0 Å². The molecule has 2 aromatic rings. The van der Waals surface area contributed by atoms with Gasteiger partial charge in [-0.1, -0.05) is 5.16 Å². The lowest BCUT2D eigenvalue weighted by Crippen LogP contribution is -2.26. The minimum absolute atomic E-state index is 0.00250. The largest absolute Gasteiger partial charge is 0.481 e. The predicted molar refractivity (Wildman–Crippen MR) is 123 cm³/mol. The number of non-ortho nitro benzene ring substituents is 1. The van der Waals surface area contributed by atoms with Crippen molar-refractivity contribution in [3.8, 4) is 11.4 Å². The molecule has 0 aliphatic carbocycles. The summed E-state index contributed by atoms with van der Waals surface area (Å²) >= 11 is 0. The van der Waals surface area contributed by atoms with Crippen molar-refractivity contribution in [2.45, 2.75) is 53.4 Å². The molecule has 0 aliphatic rings. The average Bonchev–Trinajstić information content (AvgIpc) is 3.30. The summed E-state index contributed by atoms with van der Waals surface area (Å²) in [6.07, 6.45) is 1.22. The summed E-state index contributed by atoms with van der Waals surface area (Å²) in [5, 5.41) is 22.9. The van der Waals surface area contributed by atoms with Crippen molar-refractivity contribution in [2.75, 3.05) is 14.2 Å². The van der Waals surface area contributed by atoms with E-state index in [0.29, 0.717) is 36.5 Å². The van der Waals surface area contributed by atoms with Gasteiger partial charge < -0.3 is 19.1 Å². The van der Waals surface area contributed by atoms with Crippen LogP contribution in [0.2, 0.25) is 0 Å². The highest BCUT2D eigenvalue weighted by molar-refractivity contribution is 5.77. The van der Waals surface area contributed by atoms with Gasteiger partial charge in [-0.05, 0) is 52.7 Å². The Hall–Kier alpha value is -3.83. The third-order valence-electron chi connectivity index (χ3n) is 5.21. The second kappa shape index (κ2) is 12.6. The van der Waals surface area contributed by atoms with Gasteiger partial charge in [0.1, 0.15) is 0 Å². The lowest BCUT2D eigenvalue weighted by Gasteiger charge is -2.19. The topological polar surface area (TPSA) is 172 Å². The number of rotatable bonds is 10. The average molecular weight is 494 g/mol. The summed E-state index contributed by atoms with van der Waals surface area (Å²) in [7, 11) is 2.65. The Morgan fingerprint density at radius 1 is 1.00 bits per heavy atom. The van der Waals surface area contributed by atoms with Gasteiger partial charge in [0, 0.05) is 30.5 Å². The quantitative estimate of drug-likeness (QED) is 0.289. The number of aliphatic carboxylic acids is 1. The molecule has 35 heavy (non-hydrogen) atoms. The van der Waals surface area contributed by atoms with Crippen LogP contribution in [0, 0.1) is 20.9 Å². The fourth-order valence-corrected chi connectivity index (χ4v) is 2.80. The first kappa shape index (κ1) is 29.2. The van der Waals surface area contributed by atoms with E-state index < -0.39 is 21.7 Å². The number of carbonyl (C=O) groups excluding carboxylic acids is 2. The van der Waals surface area contributed by atoms with E-state index in [1.807, 2.05) is 0 Å². The van der Waals surface area contributed by atoms with Crippen molar-refractivity contribution in [3.05, 3.63) is 40.3 Å². The lowest BCUT2D eigenvalue weighted by atomic mass is 9.88. The van der Waals surface area contributed by atoms with Gasteiger partial charge in [-0.15, -0.1) is 0 Å². The van der Waals surface area contributed by atoms with E-state index in [0.717, 1.165) is 0 Å². The standard InChI is InChI=1S/C15H17N3O5.C8H14O4/c1-15(2,14(19)22-3)9-8-12-16-13(17-23-12)10-4-6-11(7-5-10)18(20)21;1-8(2,7(11)12-3)5-4-6(9)10/h4-7H,8-9H2,1-3H3;4-5H2,1-3H3,(H,9,10). The molecule has 0 fully saturated rings. The molecule has 12 nitrogen and oxygen atoms in total. The monoisotopic (exact) mass is 493 g/mol. The minimum atomic E-state index is -0.896. The minimum Gasteiger partial charge on any atom is -0.481 e. The SMILES string of the molecule is COC(=O)C(C)(C)CCC(=O)O.COC(=O)C(C)(C)CCc1nc(-c2ccc([N+](=O)[O-])cc2)no1. The molecule has 0 spiro atoms. The van der Waals surface area contributed by atoms with Gasteiger partial charge in [-0.2, -0.15) is 4.98 Å². The Morgan fingerprint density at radius 2 is 1.51 bits per heavy atom. The Labute approximate surface area is 202 Å². The van der Waals surface area contributed by atoms with E-state index >= 15 is 0 Å².